The summed E-state index contributed by atoms with van der Waals surface area (Å²) >= 11 is 0. The highest BCUT2D eigenvalue weighted by Crippen LogP contribution is 2.23. The Morgan fingerprint density at radius 1 is 1.03 bits per heavy atom. The lowest BCUT2D eigenvalue weighted by atomic mass is 9.94. The van der Waals surface area contributed by atoms with Crippen molar-refractivity contribution in [1.29, 1.82) is 0 Å². The Labute approximate surface area is 180 Å². The van der Waals surface area contributed by atoms with Gasteiger partial charge in [0.15, 0.2) is 0 Å². The molecule has 164 valence electrons. The summed E-state index contributed by atoms with van der Waals surface area (Å²) in [5.41, 5.74) is 2.87. The molecule has 0 saturated heterocycles. The second kappa shape index (κ2) is 10.2. The molecule has 0 fully saturated rings. The Hall–Kier alpha value is -2.22. The van der Waals surface area contributed by atoms with Crippen molar-refractivity contribution in [3.05, 3.63) is 59.7 Å². The summed E-state index contributed by atoms with van der Waals surface area (Å²) in [6, 6.07) is 14.3. The standard InChI is InChI=1S/C23H33N3O3S/c1-7-18-11-13-19(14-12-18)22(16(2)3)24-17(4)23(27)25-20-9-8-10-21(15-20)30(28,29)26(5)6/h8-17,22,24H,7H2,1-6H3,(H,25,27)/t17-,22+/m0/s1. The van der Waals surface area contributed by atoms with Gasteiger partial charge in [-0.05, 0) is 48.6 Å². The maximum Gasteiger partial charge on any atom is 0.242 e. The van der Waals surface area contributed by atoms with E-state index in [4.69, 9.17) is 0 Å². The fourth-order valence-electron chi connectivity index (χ4n) is 3.17. The summed E-state index contributed by atoms with van der Waals surface area (Å²) in [7, 11) is -0.605. The molecule has 6 nitrogen and oxygen atoms in total. The number of aryl methyl sites for hydroxylation is 1. The molecule has 30 heavy (non-hydrogen) atoms. The molecule has 0 aliphatic rings. The smallest absolute Gasteiger partial charge is 0.242 e. The first kappa shape index (κ1) is 24.1. The van der Waals surface area contributed by atoms with Gasteiger partial charge in [0.1, 0.15) is 0 Å². The Morgan fingerprint density at radius 2 is 1.67 bits per heavy atom. The molecule has 2 atom stereocenters. The molecule has 0 heterocycles. The van der Waals surface area contributed by atoms with Crippen molar-refractivity contribution in [1.82, 2.24) is 9.62 Å². The summed E-state index contributed by atoms with van der Waals surface area (Å²) in [5, 5.41) is 6.24. The zero-order valence-corrected chi connectivity index (χ0v) is 19.5. The van der Waals surface area contributed by atoms with Crippen LogP contribution in [0.1, 0.15) is 44.9 Å². The van der Waals surface area contributed by atoms with Crippen LogP contribution in [0.3, 0.4) is 0 Å². The molecule has 0 aliphatic heterocycles. The van der Waals surface area contributed by atoms with Gasteiger partial charge in [-0.2, -0.15) is 0 Å². The largest absolute Gasteiger partial charge is 0.325 e. The molecule has 0 radical (unpaired) electrons. The molecule has 0 saturated carbocycles. The minimum Gasteiger partial charge on any atom is -0.325 e. The summed E-state index contributed by atoms with van der Waals surface area (Å²) in [4.78, 5) is 12.9. The van der Waals surface area contributed by atoms with Gasteiger partial charge in [-0.1, -0.05) is 51.1 Å². The normalized spacial score (nSPS) is 14.0. The van der Waals surface area contributed by atoms with E-state index in [0.717, 1.165) is 16.3 Å². The van der Waals surface area contributed by atoms with E-state index in [1.165, 1.54) is 31.8 Å². The van der Waals surface area contributed by atoms with E-state index in [2.05, 4.69) is 55.7 Å². The number of hydrogen-bond donors (Lipinski definition) is 2. The van der Waals surface area contributed by atoms with E-state index in [9.17, 15) is 13.2 Å². The second-order valence-corrected chi connectivity index (χ2v) is 10.2. The van der Waals surface area contributed by atoms with E-state index in [1.807, 2.05) is 6.92 Å². The lowest BCUT2D eigenvalue weighted by molar-refractivity contribution is -0.118. The molecule has 7 heteroatoms. The molecule has 2 rings (SSSR count). The predicted molar refractivity (Wildman–Crippen MR) is 122 cm³/mol. The van der Waals surface area contributed by atoms with Gasteiger partial charge in [0, 0.05) is 25.8 Å². The number of nitrogens with zero attached hydrogens (tertiary/aromatic N) is 1. The van der Waals surface area contributed by atoms with Crippen LogP contribution in [-0.2, 0) is 21.2 Å². The van der Waals surface area contributed by atoms with Crippen LogP contribution in [0.5, 0.6) is 0 Å². The topological polar surface area (TPSA) is 78.5 Å². The molecular formula is C23H33N3O3S. The van der Waals surface area contributed by atoms with Gasteiger partial charge in [0.05, 0.1) is 10.9 Å². The summed E-state index contributed by atoms with van der Waals surface area (Å²) < 4.78 is 25.8. The van der Waals surface area contributed by atoms with Crippen LogP contribution < -0.4 is 10.6 Å². The molecule has 1 amide bonds. The third-order valence-corrected chi connectivity index (χ3v) is 6.93. The van der Waals surface area contributed by atoms with E-state index in [0.29, 0.717) is 11.6 Å². The first-order chi connectivity index (χ1) is 14.1. The first-order valence-electron chi connectivity index (χ1n) is 10.2. The van der Waals surface area contributed by atoms with Gasteiger partial charge in [0.2, 0.25) is 15.9 Å². The predicted octanol–water partition coefficient (Wildman–Crippen LogP) is 3.81. The quantitative estimate of drug-likeness (QED) is 0.633. The molecule has 0 aliphatic carbocycles. The van der Waals surface area contributed by atoms with Crippen molar-refractivity contribution in [2.24, 2.45) is 5.92 Å². The fourth-order valence-corrected chi connectivity index (χ4v) is 4.12. The molecule has 2 N–H and O–H groups in total. The van der Waals surface area contributed by atoms with Gasteiger partial charge in [0.25, 0.3) is 0 Å². The summed E-state index contributed by atoms with van der Waals surface area (Å²) in [6.45, 7) is 8.17. The fraction of sp³-hybridized carbons (Fsp3) is 0.435. The third kappa shape index (κ3) is 5.90. The molecule has 0 unspecified atom stereocenters. The van der Waals surface area contributed by atoms with Crippen molar-refractivity contribution in [2.45, 2.75) is 51.1 Å². The highest BCUT2D eigenvalue weighted by atomic mass is 32.2. The summed E-state index contributed by atoms with van der Waals surface area (Å²) in [5.74, 6) is 0.0755. The number of sulfonamides is 1. The minimum absolute atomic E-state index is 0.0251. The Bertz CT molecular complexity index is 954. The van der Waals surface area contributed by atoms with E-state index < -0.39 is 16.1 Å². The van der Waals surface area contributed by atoms with E-state index >= 15 is 0 Å². The van der Waals surface area contributed by atoms with Gasteiger partial charge in [-0.3, -0.25) is 10.1 Å². The van der Waals surface area contributed by atoms with Crippen LogP contribution in [0.25, 0.3) is 0 Å². The molecule has 0 aromatic heterocycles. The number of anilines is 1. The molecule has 0 spiro atoms. The van der Waals surface area contributed by atoms with Crippen LogP contribution in [0.2, 0.25) is 0 Å². The van der Waals surface area contributed by atoms with Gasteiger partial charge in [-0.25, -0.2) is 12.7 Å². The lowest BCUT2D eigenvalue weighted by Crippen LogP contribution is -2.41. The van der Waals surface area contributed by atoms with Crippen molar-refractivity contribution < 1.29 is 13.2 Å². The van der Waals surface area contributed by atoms with Crippen molar-refractivity contribution in [3.63, 3.8) is 0 Å². The number of amides is 1. The van der Waals surface area contributed by atoms with Crippen LogP contribution in [0.4, 0.5) is 5.69 Å². The number of rotatable bonds is 9. The molecule has 2 aromatic rings. The lowest BCUT2D eigenvalue weighted by Gasteiger charge is -2.27. The maximum absolute atomic E-state index is 12.8. The monoisotopic (exact) mass is 431 g/mol. The number of nitrogens with one attached hydrogen (secondary N) is 2. The van der Waals surface area contributed by atoms with Crippen molar-refractivity contribution in [2.75, 3.05) is 19.4 Å². The molecule has 0 bridgehead atoms. The minimum atomic E-state index is -3.56. The SMILES string of the molecule is CCc1ccc([C@H](N[C@@H](C)C(=O)Nc2cccc(S(=O)(=O)N(C)C)c2)C(C)C)cc1. The van der Waals surface area contributed by atoms with Crippen molar-refractivity contribution >= 4 is 21.6 Å². The Morgan fingerprint density at radius 3 is 2.20 bits per heavy atom. The van der Waals surface area contributed by atoms with Gasteiger partial charge < -0.3 is 5.32 Å². The van der Waals surface area contributed by atoms with Crippen LogP contribution in [0.15, 0.2) is 53.4 Å². The zero-order chi connectivity index (χ0) is 22.5. The van der Waals surface area contributed by atoms with Gasteiger partial charge in [-0.15, -0.1) is 0 Å². The molecule has 2 aromatic carbocycles. The second-order valence-electron chi connectivity index (χ2n) is 8.01. The summed E-state index contributed by atoms with van der Waals surface area (Å²) in [6.07, 6.45) is 0.988. The van der Waals surface area contributed by atoms with Gasteiger partial charge >= 0.3 is 0 Å². The maximum atomic E-state index is 12.8. The zero-order valence-electron chi connectivity index (χ0n) is 18.6. The van der Waals surface area contributed by atoms with Crippen LogP contribution in [-0.4, -0.2) is 38.8 Å². The first-order valence-corrected chi connectivity index (χ1v) is 11.7. The average Bonchev–Trinajstić information content (AvgIpc) is 2.71. The highest BCUT2D eigenvalue weighted by Gasteiger charge is 2.23. The molecular weight excluding hydrogens is 398 g/mol. The number of carbonyl (C=O) groups is 1. The Kier molecular flexibility index (Phi) is 8.18. The van der Waals surface area contributed by atoms with Crippen LogP contribution in [0, 0.1) is 5.92 Å². The van der Waals surface area contributed by atoms with E-state index in [-0.39, 0.29) is 16.8 Å². The van der Waals surface area contributed by atoms with E-state index in [1.54, 1.807) is 12.1 Å². The highest BCUT2D eigenvalue weighted by molar-refractivity contribution is 7.89. The van der Waals surface area contributed by atoms with Crippen LogP contribution >= 0.6 is 0 Å². The Balaban J connectivity index is 2.13. The third-order valence-electron chi connectivity index (χ3n) is 5.12. The average molecular weight is 432 g/mol. The number of hydrogen-bond acceptors (Lipinski definition) is 4. The van der Waals surface area contributed by atoms with Crippen molar-refractivity contribution in [3.8, 4) is 0 Å². The number of carbonyl (C=O) groups excluding carboxylic acids is 1. The number of benzene rings is 2.